The summed E-state index contributed by atoms with van der Waals surface area (Å²) in [5.41, 5.74) is 1.31. The number of nitrogens with one attached hydrogen (secondary N) is 1. The van der Waals surface area contributed by atoms with Crippen molar-refractivity contribution < 1.29 is 4.39 Å². The van der Waals surface area contributed by atoms with Gasteiger partial charge < -0.3 is 5.32 Å². The second-order valence-electron chi connectivity index (χ2n) is 4.82. The molecule has 0 saturated heterocycles. The van der Waals surface area contributed by atoms with Gasteiger partial charge in [-0.2, -0.15) is 0 Å². The van der Waals surface area contributed by atoms with Crippen molar-refractivity contribution in [3.8, 4) is 0 Å². The lowest BCUT2D eigenvalue weighted by atomic mass is 10.2. The predicted molar refractivity (Wildman–Crippen MR) is 76.8 cm³/mol. The first-order chi connectivity index (χ1) is 9.31. The van der Waals surface area contributed by atoms with E-state index in [0.717, 1.165) is 11.4 Å². The van der Waals surface area contributed by atoms with E-state index in [4.69, 9.17) is 0 Å². The lowest BCUT2D eigenvalue weighted by Crippen LogP contribution is -2.15. The maximum Gasteiger partial charge on any atom is 0.123 e. The summed E-state index contributed by atoms with van der Waals surface area (Å²) in [7, 11) is 0. The molecule has 1 fully saturated rings. The van der Waals surface area contributed by atoms with Crippen LogP contribution in [0.15, 0.2) is 58.3 Å². The van der Waals surface area contributed by atoms with Gasteiger partial charge in [-0.1, -0.05) is 30.0 Å². The first-order valence-corrected chi connectivity index (χ1v) is 7.37. The van der Waals surface area contributed by atoms with E-state index < -0.39 is 0 Å². The average Bonchev–Trinajstić information content (AvgIpc) is 3.25. The van der Waals surface area contributed by atoms with Crippen molar-refractivity contribution in [2.24, 2.45) is 0 Å². The second kappa shape index (κ2) is 5.76. The summed E-state index contributed by atoms with van der Waals surface area (Å²) in [5, 5.41) is 3.53. The maximum atomic E-state index is 12.9. The van der Waals surface area contributed by atoms with E-state index in [1.165, 1.54) is 35.4 Å². The summed E-state index contributed by atoms with van der Waals surface area (Å²) in [4.78, 5) is 2.31. The number of benzene rings is 2. The summed E-state index contributed by atoms with van der Waals surface area (Å²) in [6.45, 7) is 0.912. The van der Waals surface area contributed by atoms with E-state index in [0.29, 0.717) is 6.04 Å². The van der Waals surface area contributed by atoms with E-state index in [1.54, 1.807) is 11.8 Å². The highest BCUT2D eigenvalue weighted by atomic mass is 32.2. The van der Waals surface area contributed by atoms with Crippen LogP contribution < -0.4 is 5.32 Å². The summed E-state index contributed by atoms with van der Waals surface area (Å²) < 4.78 is 12.9. The second-order valence-corrected chi connectivity index (χ2v) is 5.93. The van der Waals surface area contributed by atoms with Crippen LogP contribution in [-0.2, 0) is 6.54 Å². The summed E-state index contributed by atoms with van der Waals surface area (Å²) in [5.74, 6) is -0.187. The molecule has 3 rings (SSSR count). The van der Waals surface area contributed by atoms with E-state index >= 15 is 0 Å². The quantitative estimate of drug-likeness (QED) is 0.875. The van der Waals surface area contributed by atoms with Crippen LogP contribution >= 0.6 is 11.8 Å². The molecule has 0 atom stereocenters. The minimum Gasteiger partial charge on any atom is -0.310 e. The Bertz CT molecular complexity index is 549. The van der Waals surface area contributed by atoms with E-state index in [-0.39, 0.29) is 5.82 Å². The SMILES string of the molecule is Fc1ccc(Sc2ccccc2CNC2CC2)cc1. The zero-order valence-corrected chi connectivity index (χ0v) is 11.4. The lowest BCUT2D eigenvalue weighted by molar-refractivity contribution is 0.626. The number of hydrogen-bond donors (Lipinski definition) is 1. The Morgan fingerprint density at radius 2 is 1.79 bits per heavy atom. The Balaban J connectivity index is 1.73. The van der Waals surface area contributed by atoms with Gasteiger partial charge in [-0.05, 0) is 48.7 Å². The Morgan fingerprint density at radius 1 is 1.05 bits per heavy atom. The third-order valence-electron chi connectivity index (χ3n) is 3.17. The Labute approximate surface area is 117 Å². The molecule has 1 N–H and O–H groups in total. The van der Waals surface area contributed by atoms with Crippen molar-refractivity contribution in [3.63, 3.8) is 0 Å². The normalized spacial score (nSPS) is 14.6. The molecule has 2 aromatic rings. The van der Waals surface area contributed by atoms with Crippen molar-refractivity contribution in [2.45, 2.75) is 35.2 Å². The van der Waals surface area contributed by atoms with Crippen LogP contribution in [0.3, 0.4) is 0 Å². The molecule has 0 spiro atoms. The van der Waals surface area contributed by atoms with Crippen molar-refractivity contribution in [2.75, 3.05) is 0 Å². The van der Waals surface area contributed by atoms with Crippen molar-refractivity contribution in [1.82, 2.24) is 5.32 Å². The van der Waals surface area contributed by atoms with Gasteiger partial charge in [0.25, 0.3) is 0 Å². The fourth-order valence-electron chi connectivity index (χ4n) is 1.92. The van der Waals surface area contributed by atoms with Gasteiger partial charge in [-0.3, -0.25) is 0 Å². The molecule has 1 aliphatic rings. The predicted octanol–water partition coefficient (Wildman–Crippen LogP) is 4.23. The standard InChI is InChI=1S/C16H16FNS/c17-13-5-9-15(10-6-13)19-16-4-2-1-3-12(16)11-18-14-7-8-14/h1-6,9-10,14,18H,7-8,11H2. The zero-order chi connectivity index (χ0) is 13.1. The molecule has 19 heavy (non-hydrogen) atoms. The smallest absolute Gasteiger partial charge is 0.123 e. The van der Waals surface area contributed by atoms with Gasteiger partial charge in [0.15, 0.2) is 0 Å². The topological polar surface area (TPSA) is 12.0 Å². The molecule has 0 radical (unpaired) electrons. The van der Waals surface area contributed by atoms with Gasteiger partial charge in [-0.15, -0.1) is 0 Å². The third-order valence-corrected chi connectivity index (χ3v) is 4.30. The molecule has 98 valence electrons. The molecule has 0 aliphatic heterocycles. The highest BCUT2D eigenvalue weighted by Crippen LogP contribution is 2.31. The Kier molecular flexibility index (Phi) is 3.85. The monoisotopic (exact) mass is 273 g/mol. The van der Waals surface area contributed by atoms with Gasteiger partial charge in [0.05, 0.1) is 0 Å². The molecular formula is C16H16FNS. The summed E-state index contributed by atoms with van der Waals surface area (Å²) >= 11 is 1.69. The highest BCUT2D eigenvalue weighted by molar-refractivity contribution is 7.99. The number of hydrogen-bond acceptors (Lipinski definition) is 2. The van der Waals surface area contributed by atoms with E-state index in [1.807, 2.05) is 18.2 Å². The molecule has 0 unspecified atom stereocenters. The summed E-state index contributed by atoms with van der Waals surface area (Å²) in [6, 6.07) is 15.8. The van der Waals surface area contributed by atoms with Gasteiger partial charge in [0.2, 0.25) is 0 Å². The largest absolute Gasteiger partial charge is 0.310 e. The third kappa shape index (κ3) is 3.58. The van der Waals surface area contributed by atoms with Crippen LogP contribution in [0.5, 0.6) is 0 Å². The minimum absolute atomic E-state index is 0.187. The molecule has 0 aromatic heterocycles. The van der Waals surface area contributed by atoms with E-state index in [2.05, 4.69) is 23.5 Å². The number of halogens is 1. The van der Waals surface area contributed by atoms with Gasteiger partial charge in [0.1, 0.15) is 5.82 Å². The van der Waals surface area contributed by atoms with Crippen LogP contribution in [0.1, 0.15) is 18.4 Å². The molecule has 0 amide bonds. The molecule has 3 heteroatoms. The molecule has 1 aliphatic carbocycles. The molecule has 2 aromatic carbocycles. The van der Waals surface area contributed by atoms with Crippen molar-refractivity contribution in [3.05, 3.63) is 59.9 Å². The molecule has 0 bridgehead atoms. The zero-order valence-electron chi connectivity index (χ0n) is 10.6. The fraction of sp³-hybridized carbons (Fsp3) is 0.250. The van der Waals surface area contributed by atoms with Crippen LogP contribution in [0.4, 0.5) is 4.39 Å². The highest BCUT2D eigenvalue weighted by Gasteiger charge is 2.20. The first-order valence-electron chi connectivity index (χ1n) is 6.56. The Morgan fingerprint density at radius 3 is 2.53 bits per heavy atom. The van der Waals surface area contributed by atoms with Crippen molar-refractivity contribution >= 4 is 11.8 Å². The van der Waals surface area contributed by atoms with Gasteiger partial charge in [-0.25, -0.2) is 4.39 Å². The lowest BCUT2D eigenvalue weighted by Gasteiger charge is -2.09. The molecule has 1 saturated carbocycles. The molecule has 1 nitrogen and oxygen atoms in total. The molecule has 0 heterocycles. The average molecular weight is 273 g/mol. The van der Waals surface area contributed by atoms with Gasteiger partial charge >= 0.3 is 0 Å². The van der Waals surface area contributed by atoms with Crippen molar-refractivity contribution in [1.29, 1.82) is 0 Å². The fourth-order valence-corrected chi connectivity index (χ4v) is 2.86. The Hall–Kier alpha value is -1.32. The molecular weight excluding hydrogens is 257 g/mol. The van der Waals surface area contributed by atoms with Crippen LogP contribution in [0, 0.1) is 5.82 Å². The van der Waals surface area contributed by atoms with Gasteiger partial charge in [0, 0.05) is 22.4 Å². The van der Waals surface area contributed by atoms with E-state index in [9.17, 15) is 4.39 Å². The first kappa shape index (κ1) is 12.7. The minimum atomic E-state index is -0.187. The summed E-state index contributed by atoms with van der Waals surface area (Å²) in [6.07, 6.45) is 2.60. The van der Waals surface area contributed by atoms with Crippen LogP contribution in [0.2, 0.25) is 0 Å². The van der Waals surface area contributed by atoms with Crippen LogP contribution in [0.25, 0.3) is 0 Å². The maximum absolute atomic E-state index is 12.9. The number of rotatable bonds is 5. The van der Waals surface area contributed by atoms with Crippen LogP contribution in [-0.4, -0.2) is 6.04 Å².